The van der Waals surface area contributed by atoms with Crippen molar-refractivity contribution in [3.05, 3.63) is 78.2 Å². The molecule has 1 amide bonds. The second-order valence-corrected chi connectivity index (χ2v) is 8.83. The number of aromatic nitrogens is 3. The predicted octanol–water partition coefficient (Wildman–Crippen LogP) is 6.26. The van der Waals surface area contributed by atoms with Gasteiger partial charge in [-0.1, -0.05) is 37.7 Å². The van der Waals surface area contributed by atoms with Crippen LogP contribution in [0.5, 0.6) is 0 Å². The number of carbonyl (C=O) groups is 1. The number of fused-ring (bicyclic) bond motifs is 1. The SMILES string of the molecule is CC(C)CC(=O)Nc1cccc(Sc2ccc3c(/C=C/c4ccccn4)n[nH]c3c2)c1. The molecule has 0 radical (unpaired) electrons. The fourth-order valence-electron chi connectivity index (χ4n) is 3.21. The Bertz CT molecular complexity index is 1210. The topological polar surface area (TPSA) is 70.7 Å². The minimum Gasteiger partial charge on any atom is -0.326 e. The van der Waals surface area contributed by atoms with Gasteiger partial charge in [0.1, 0.15) is 0 Å². The number of H-pyrrole nitrogens is 1. The van der Waals surface area contributed by atoms with E-state index >= 15 is 0 Å². The zero-order valence-electron chi connectivity index (χ0n) is 17.5. The Labute approximate surface area is 186 Å². The number of benzene rings is 2. The Morgan fingerprint density at radius 3 is 2.74 bits per heavy atom. The van der Waals surface area contributed by atoms with Gasteiger partial charge < -0.3 is 5.32 Å². The number of hydrogen-bond acceptors (Lipinski definition) is 4. The number of rotatable bonds is 7. The third-order valence-corrected chi connectivity index (χ3v) is 5.59. The normalized spacial score (nSPS) is 11.5. The Kier molecular flexibility index (Phi) is 6.48. The van der Waals surface area contributed by atoms with Crippen LogP contribution in [0.25, 0.3) is 23.1 Å². The lowest BCUT2D eigenvalue weighted by Crippen LogP contribution is -2.13. The largest absolute Gasteiger partial charge is 0.326 e. The zero-order valence-corrected chi connectivity index (χ0v) is 18.3. The number of anilines is 1. The first kappa shape index (κ1) is 20.9. The molecule has 4 aromatic rings. The Morgan fingerprint density at radius 2 is 1.94 bits per heavy atom. The average Bonchev–Trinajstić information content (AvgIpc) is 3.15. The van der Waals surface area contributed by atoms with E-state index in [4.69, 9.17) is 0 Å². The first-order valence-electron chi connectivity index (χ1n) is 10.2. The van der Waals surface area contributed by atoms with Crippen LogP contribution in [-0.4, -0.2) is 21.1 Å². The second kappa shape index (κ2) is 9.62. The van der Waals surface area contributed by atoms with Gasteiger partial charge in [0.25, 0.3) is 0 Å². The Hall–Kier alpha value is -3.38. The first-order chi connectivity index (χ1) is 15.1. The molecule has 4 rings (SSSR count). The molecule has 31 heavy (non-hydrogen) atoms. The van der Waals surface area contributed by atoms with Crippen molar-refractivity contribution < 1.29 is 4.79 Å². The summed E-state index contributed by atoms with van der Waals surface area (Å²) in [5.41, 5.74) is 3.57. The standard InChI is InChI=1S/C25H24N4OS/c1-17(2)14-25(30)27-19-7-5-8-20(15-19)31-21-10-11-22-23(28-29-24(22)16-21)12-9-18-6-3-4-13-26-18/h3-13,15-17H,14H2,1-2H3,(H,27,30)(H,28,29)/b12-9+. The van der Waals surface area contributed by atoms with Crippen LogP contribution in [0.2, 0.25) is 0 Å². The molecule has 2 aromatic carbocycles. The fourth-order valence-corrected chi connectivity index (χ4v) is 4.12. The van der Waals surface area contributed by atoms with Gasteiger partial charge in [-0.2, -0.15) is 5.10 Å². The molecule has 2 heterocycles. The summed E-state index contributed by atoms with van der Waals surface area (Å²) in [7, 11) is 0. The van der Waals surface area contributed by atoms with E-state index in [2.05, 4.69) is 38.7 Å². The number of nitrogens with one attached hydrogen (secondary N) is 2. The maximum atomic E-state index is 12.0. The molecule has 0 saturated heterocycles. The molecule has 6 heteroatoms. The molecule has 2 aromatic heterocycles. The van der Waals surface area contributed by atoms with Crippen LogP contribution >= 0.6 is 11.8 Å². The highest BCUT2D eigenvalue weighted by molar-refractivity contribution is 7.99. The van der Waals surface area contributed by atoms with Gasteiger partial charge in [0, 0.05) is 33.5 Å². The number of amides is 1. The lowest BCUT2D eigenvalue weighted by atomic mass is 10.1. The zero-order chi connectivity index (χ0) is 21.6. The number of hydrogen-bond donors (Lipinski definition) is 2. The third kappa shape index (κ3) is 5.61. The van der Waals surface area contributed by atoms with Crippen molar-refractivity contribution in [1.29, 1.82) is 0 Å². The van der Waals surface area contributed by atoms with E-state index in [0.29, 0.717) is 12.3 Å². The highest BCUT2D eigenvalue weighted by Crippen LogP contribution is 2.32. The van der Waals surface area contributed by atoms with Crippen molar-refractivity contribution >= 4 is 46.4 Å². The van der Waals surface area contributed by atoms with Gasteiger partial charge in [-0.3, -0.25) is 14.9 Å². The number of carbonyl (C=O) groups excluding carboxylic acids is 1. The van der Waals surface area contributed by atoms with Crippen LogP contribution in [0.1, 0.15) is 31.7 Å². The molecular weight excluding hydrogens is 404 g/mol. The van der Waals surface area contributed by atoms with E-state index < -0.39 is 0 Å². The van der Waals surface area contributed by atoms with E-state index in [1.165, 1.54) is 0 Å². The summed E-state index contributed by atoms with van der Waals surface area (Å²) >= 11 is 1.65. The van der Waals surface area contributed by atoms with E-state index in [1.54, 1.807) is 18.0 Å². The molecule has 0 spiro atoms. The molecule has 5 nitrogen and oxygen atoms in total. The molecule has 0 saturated carbocycles. The van der Waals surface area contributed by atoms with Crippen molar-refractivity contribution in [3.8, 4) is 0 Å². The maximum absolute atomic E-state index is 12.0. The summed E-state index contributed by atoms with van der Waals surface area (Å²) in [6.07, 6.45) is 6.22. The molecule has 0 atom stereocenters. The number of pyridine rings is 1. The lowest BCUT2D eigenvalue weighted by molar-refractivity contribution is -0.116. The van der Waals surface area contributed by atoms with Crippen LogP contribution in [0.4, 0.5) is 5.69 Å². The van der Waals surface area contributed by atoms with Crippen LogP contribution in [0, 0.1) is 5.92 Å². The van der Waals surface area contributed by atoms with Gasteiger partial charge >= 0.3 is 0 Å². The van der Waals surface area contributed by atoms with Crippen LogP contribution in [0.15, 0.2) is 76.7 Å². The summed E-state index contributed by atoms with van der Waals surface area (Å²) in [4.78, 5) is 18.5. The van der Waals surface area contributed by atoms with Crippen molar-refractivity contribution in [1.82, 2.24) is 15.2 Å². The molecule has 0 aliphatic heterocycles. The molecular formula is C25H24N4OS. The highest BCUT2D eigenvalue weighted by Gasteiger charge is 2.08. The number of aromatic amines is 1. The van der Waals surface area contributed by atoms with Crippen molar-refractivity contribution in [2.24, 2.45) is 5.92 Å². The average molecular weight is 429 g/mol. The van der Waals surface area contributed by atoms with E-state index in [-0.39, 0.29) is 5.91 Å². The fraction of sp³-hybridized carbons (Fsp3) is 0.160. The minimum absolute atomic E-state index is 0.0438. The van der Waals surface area contributed by atoms with Crippen molar-refractivity contribution in [2.75, 3.05) is 5.32 Å². The molecule has 0 unspecified atom stereocenters. The quantitative estimate of drug-likeness (QED) is 0.364. The second-order valence-electron chi connectivity index (χ2n) is 7.68. The Morgan fingerprint density at radius 1 is 1.06 bits per heavy atom. The van der Waals surface area contributed by atoms with Gasteiger partial charge in [0.05, 0.1) is 16.9 Å². The highest BCUT2D eigenvalue weighted by atomic mass is 32.2. The van der Waals surface area contributed by atoms with Crippen LogP contribution in [-0.2, 0) is 4.79 Å². The summed E-state index contributed by atoms with van der Waals surface area (Å²) in [5.74, 6) is 0.379. The Balaban J connectivity index is 1.48. The summed E-state index contributed by atoms with van der Waals surface area (Å²) in [6, 6.07) is 20.0. The first-order valence-corrected chi connectivity index (χ1v) is 11.0. The van der Waals surface area contributed by atoms with Gasteiger partial charge in [-0.25, -0.2) is 0 Å². The van der Waals surface area contributed by atoms with Crippen LogP contribution < -0.4 is 5.32 Å². The smallest absolute Gasteiger partial charge is 0.224 e. The maximum Gasteiger partial charge on any atom is 0.224 e. The minimum atomic E-state index is 0.0438. The van der Waals surface area contributed by atoms with Gasteiger partial charge in [0.15, 0.2) is 0 Å². The molecule has 0 aliphatic rings. The lowest BCUT2D eigenvalue weighted by Gasteiger charge is -2.09. The van der Waals surface area contributed by atoms with Gasteiger partial charge in [-0.05, 0) is 66.6 Å². The molecule has 0 fully saturated rings. The van der Waals surface area contributed by atoms with Gasteiger partial charge in [-0.15, -0.1) is 0 Å². The predicted molar refractivity (Wildman–Crippen MR) is 128 cm³/mol. The molecule has 0 bridgehead atoms. The van der Waals surface area contributed by atoms with E-state index in [1.807, 2.05) is 68.5 Å². The number of nitrogens with zero attached hydrogens (tertiary/aromatic N) is 2. The van der Waals surface area contributed by atoms with Crippen molar-refractivity contribution in [3.63, 3.8) is 0 Å². The monoisotopic (exact) mass is 428 g/mol. The van der Waals surface area contributed by atoms with Crippen LogP contribution in [0.3, 0.4) is 0 Å². The summed E-state index contributed by atoms with van der Waals surface area (Å²) in [6.45, 7) is 4.08. The molecule has 0 aliphatic carbocycles. The summed E-state index contributed by atoms with van der Waals surface area (Å²) in [5, 5.41) is 11.6. The summed E-state index contributed by atoms with van der Waals surface area (Å²) < 4.78 is 0. The molecule has 2 N–H and O–H groups in total. The third-order valence-electron chi connectivity index (χ3n) is 4.61. The van der Waals surface area contributed by atoms with Crippen molar-refractivity contribution in [2.45, 2.75) is 30.1 Å². The molecule has 156 valence electrons. The van der Waals surface area contributed by atoms with E-state index in [9.17, 15) is 4.79 Å². The van der Waals surface area contributed by atoms with E-state index in [0.717, 1.165) is 37.8 Å². The van der Waals surface area contributed by atoms with Gasteiger partial charge in [0.2, 0.25) is 5.91 Å².